The van der Waals surface area contributed by atoms with Crippen LogP contribution < -0.4 is 56.9 Å². The maximum atomic E-state index is 6.90. The number of hydrogen-bond donors (Lipinski definition) is 5. The Morgan fingerprint density at radius 1 is 0.431 bits per heavy atom. The Labute approximate surface area is 339 Å². The van der Waals surface area contributed by atoms with E-state index in [1.807, 2.05) is 121 Å². The van der Waals surface area contributed by atoms with Crippen LogP contribution in [0, 0.1) is 0 Å². The monoisotopic (exact) mass is 836 g/mol. The number of rotatable bonds is 17. The predicted octanol–water partition coefficient (Wildman–Crippen LogP) is 8.61. The highest BCUT2D eigenvalue weighted by Crippen LogP contribution is 2.49. The van der Waals surface area contributed by atoms with Crippen molar-refractivity contribution in [2.45, 2.75) is 32.7 Å². The molecule has 7 aromatic rings. The minimum atomic E-state index is -2.07. The van der Waals surface area contributed by atoms with Gasteiger partial charge in [0, 0.05) is 60.5 Å². The summed E-state index contributed by atoms with van der Waals surface area (Å²) in [4.78, 5) is 13.3. The molecule has 0 amide bonds. The van der Waals surface area contributed by atoms with Gasteiger partial charge in [-0.05, 0) is 46.7 Å². The first kappa shape index (κ1) is 40.4. The summed E-state index contributed by atoms with van der Waals surface area (Å²) in [6, 6.07) is 42.9. The van der Waals surface area contributed by atoms with Crippen LogP contribution in [0.4, 0.5) is 0 Å². The van der Waals surface area contributed by atoms with Gasteiger partial charge in [0.25, 0.3) is 0 Å². The summed E-state index contributed by atoms with van der Waals surface area (Å²) < 4.78 is 35.1. The van der Waals surface area contributed by atoms with Crippen molar-refractivity contribution in [3.63, 3.8) is 0 Å². The number of hydrogen-bond acceptors (Lipinski definition) is 12. The molecule has 0 bridgehead atoms. The molecule has 0 saturated carbocycles. The van der Waals surface area contributed by atoms with Gasteiger partial charge in [-0.15, -0.1) is 4.51 Å². The Morgan fingerprint density at radius 3 is 1.40 bits per heavy atom. The van der Waals surface area contributed by atoms with Crippen molar-refractivity contribution in [3.8, 4) is 46.0 Å². The highest BCUT2D eigenvalue weighted by molar-refractivity contribution is 7.56. The third kappa shape index (κ3) is 9.33. The Balaban J connectivity index is 1.43. The lowest BCUT2D eigenvalue weighted by Crippen LogP contribution is -2.16. The maximum Gasteiger partial charge on any atom is 0.319 e. The Hall–Kier alpha value is -5.78. The topological polar surface area (TPSA) is 208 Å². The van der Waals surface area contributed by atoms with Crippen molar-refractivity contribution in [1.29, 1.82) is 0 Å². The molecule has 0 aliphatic heterocycles. The van der Waals surface area contributed by atoms with Crippen molar-refractivity contribution >= 4 is 24.7 Å². The lowest BCUT2D eigenvalue weighted by atomic mass is 10.2. The fourth-order valence-corrected chi connectivity index (χ4v) is 10.6. The summed E-state index contributed by atoms with van der Waals surface area (Å²) in [5.74, 6) is 3.58. The SMILES string of the molecule is NCc1ccccc1Oc1cccc(Op2npn(Oc3ccccc3CN)p(Oc3ccccc3CN)n2Oc2ccccc2CN)c1Oc1ccccc1CN. The van der Waals surface area contributed by atoms with E-state index in [0.29, 0.717) is 48.8 Å². The number of aromatic nitrogens is 3. The molecule has 0 spiro atoms. The van der Waals surface area contributed by atoms with Crippen LogP contribution in [0.25, 0.3) is 0 Å². The molecule has 6 aromatic carbocycles. The van der Waals surface area contributed by atoms with Crippen molar-refractivity contribution in [3.05, 3.63) is 167 Å². The van der Waals surface area contributed by atoms with E-state index >= 15 is 0 Å². The molecule has 2 atom stereocenters. The van der Waals surface area contributed by atoms with Crippen LogP contribution in [0.1, 0.15) is 27.8 Å². The van der Waals surface area contributed by atoms with E-state index in [-0.39, 0.29) is 38.5 Å². The van der Waals surface area contributed by atoms with Gasteiger partial charge in [0.1, 0.15) is 17.2 Å². The summed E-state index contributed by atoms with van der Waals surface area (Å²) in [6.07, 6.45) is 0. The normalized spacial score (nSPS) is 11.6. The van der Waals surface area contributed by atoms with Crippen LogP contribution in [0.15, 0.2) is 140 Å². The molecule has 58 heavy (non-hydrogen) atoms. The highest BCUT2D eigenvalue weighted by Gasteiger charge is 2.25. The maximum absolute atomic E-state index is 6.90. The molecule has 14 nitrogen and oxygen atoms in total. The molecule has 1 aromatic heterocycles. The largest absolute Gasteiger partial charge is 0.453 e. The molecule has 0 aliphatic carbocycles. The van der Waals surface area contributed by atoms with Gasteiger partial charge >= 0.3 is 16.2 Å². The number of benzene rings is 6. The zero-order chi connectivity index (χ0) is 40.3. The molecule has 10 N–H and O–H groups in total. The quantitative estimate of drug-likeness (QED) is 0.0584. The molecule has 0 fully saturated rings. The predicted molar refractivity (Wildman–Crippen MR) is 228 cm³/mol. The zero-order valence-electron chi connectivity index (χ0n) is 31.3. The fraction of sp³-hybridized carbons (Fsp3) is 0.122. The number of nitrogens with zero attached hydrogens (tertiary/aromatic N) is 3. The number of para-hydroxylation sites is 6. The van der Waals surface area contributed by atoms with Gasteiger partial charge in [-0.2, -0.15) is 0 Å². The highest BCUT2D eigenvalue weighted by atomic mass is 31.2. The van der Waals surface area contributed by atoms with E-state index in [1.54, 1.807) is 26.7 Å². The van der Waals surface area contributed by atoms with Crippen LogP contribution in [0.5, 0.6) is 46.0 Å². The lowest BCUT2D eigenvalue weighted by molar-refractivity contribution is 0.229. The third-order valence-corrected chi connectivity index (χ3v) is 13.3. The van der Waals surface area contributed by atoms with Crippen LogP contribution in [0.3, 0.4) is 0 Å². The fourth-order valence-electron chi connectivity index (χ4n) is 5.67. The van der Waals surface area contributed by atoms with E-state index in [2.05, 4.69) is 0 Å². The zero-order valence-corrected chi connectivity index (χ0v) is 34.0. The minimum absolute atomic E-state index is 0.208. The van der Waals surface area contributed by atoms with Gasteiger partial charge in [0.15, 0.2) is 31.5 Å². The van der Waals surface area contributed by atoms with E-state index in [1.165, 1.54) is 0 Å². The molecule has 0 radical (unpaired) electrons. The first-order valence-corrected chi connectivity index (χ1v) is 21.4. The standard InChI is InChI=1S/C41H43N8O6P3/c42-24-29-12-1-6-17-34(29)50-39-22-11-23-40(41(39)51-35-18-7-2-13-30(35)25-43)54-57-47-56-48(52-36-19-8-3-14-31(36)26-44)58(55-38-21-10-5-16-33(38)28-46)49(57)53-37-20-9-4-15-32(37)27-45/h1-23H,24-28,42-46H2. The summed E-state index contributed by atoms with van der Waals surface area (Å²) in [5.41, 5.74) is 34.7. The van der Waals surface area contributed by atoms with Gasteiger partial charge in [-0.25, -0.2) is 0 Å². The van der Waals surface area contributed by atoms with E-state index in [9.17, 15) is 0 Å². The van der Waals surface area contributed by atoms with Gasteiger partial charge in [0.2, 0.25) is 5.75 Å². The van der Waals surface area contributed by atoms with Crippen LogP contribution >= 0.6 is 24.7 Å². The van der Waals surface area contributed by atoms with E-state index in [0.717, 1.165) is 27.8 Å². The van der Waals surface area contributed by atoms with Gasteiger partial charge < -0.3 is 56.9 Å². The van der Waals surface area contributed by atoms with Crippen molar-refractivity contribution in [1.82, 2.24) is 13.0 Å². The lowest BCUT2D eigenvalue weighted by Gasteiger charge is -2.23. The average molecular weight is 837 g/mol. The van der Waals surface area contributed by atoms with E-state index in [4.69, 9.17) is 61.4 Å². The smallest absolute Gasteiger partial charge is 0.319 e. The van der Waals surface area contributed by atoms with Crippen molar-refractivity contribution in [2.24, 2.45) is 28.7 Å². The molecule has 1 heterocycles. The number of ether oxygens (including phenoxy) is 2. The molecule has 298 valence electrons. The van der Waals surface area contributed by atoms with Crippen LogP contribution in [-0.4, -0.2) is 13.0 Å². The Kier molecular flexibility index (Phi) is 13.6. The van der Waals surface area contributed by atoms with Crippen LogP contribution in [-0.2, 0) is 32.7 Å². The number of nitrogens with two attached hydrogens (primary N) is 5. The summed E-state index contributed by atoms with van der Waals surface area (Å²) >= 11 is 0. The summed E-state index contributed by atoms with van der Waals surface area (Å²) in [6.45, 7) is 1.19. The molecule has 2 unspecified atom stereocenters. The molecule has 0 aliphatic rings. The molecule has 7 rings (SSSR count). The Morgan fingerprint density at radius 2 is 0.845 bits per heavy atom. The molecular formula is C41H43N8O6P3. The van der Waals surface area contributed by atoms with Crippen LogP contribution in [0.2, 0.25) is 0 Å². The Bertz CT molecular complexity index is 2520. The molecular weight excluding hydrogens is 793 g/mol. The van der Waals surface area contributed by atoms with Crippen molar-refractivity contribution in [2.75, 3.05) is 0 Å². The summed E-state index contributed by atoms with van der Waals surface area (Å²) in [7, 11) is -3.77. The average Bonchev–Trinajstić information content (AvgIpc) is 3.27. The van der Waals surface area contributed by atoms with Gasteiger partial charge in [-0.3, -0.25) is 0 Å². The summed E-state index contributed by atoms with van der Waals surface area (Å²) in [5, 5.41) is 0. The van der Waals surface area contributed by atoms with E-state index < -0.39 is 16.2 Å². The molecule has 0 saturated heterocycles. The third-order valence-electron chi connectivity index (χ3n) is 8.69. The van der Waals surface area contributed by atoms with Gasteiger partial charge in [0.05, 0.1) is 0 Å². The van der Waals surface area contributed by atoms with Crippen molar-refractivity contribution < 1.29 is 28.2 Å². The minimum Gasteiger partial charge on any atom is -0.453 e. The first-order valence-electron chi connectivity index (χ1n) is 18.3. The second-order valence-electron chi connectivity index (χ2n) is 12.4. The second kappa shape index (κ2) is 19.6. The van der Waals surface area contributed by atoms with Gasteiger partial charge in [-0.1, -0.05) is 101 Å². The second-order valence-corrected chi connectivity index (χ2v) is 16.8. The first-order chi connectivity index (χ1) is 28.5. The molecule has 17 heteroatoms.